The van der Waals surface area contributed by atoms with E-state index in [4.69, 9.17) is 26.8 Å². The van der Waals surface area contributed by atoms with Crippen molar-refractivity contribution < 1.29 is 29.0 Å². The second-order valence-corrected chi connectivity index (χ2v) is 7.44. The molecule has 0 bridgehead atoms. The van der Waals surface area contributed by atoms with E-state index in [1.165, 1.54) is 37.5 Å². The van der Waals surface area contributed by atoms with Gasteiger partial charge in [-0.1, -0.05) is 13.0 Å². The van der Waals surface area contributed by atoms with Crippen molar-refractivity contribution in [2.45, 2.75) is 26.4 Å². The highest BCUT2D eigenvalue weighted by molar-refractivity contribution is 7.80. The highest BCUT2D eigenvalue weighted by Crippen LogP contribution is 2.31. The van der Waals surface area contributed by atoms with Gasteiger partial charge in [-0.15, -0.1) is 0 Å². The summed E-state index contributed by atoms with van der Waals surface area (Å²) in [6.45, 7) is 3.95. The smallest absolute Gasteiger partial charge is 0.335 e. The number of nitrogens with zero attached hydrogens (tertiary/aromatic N) is 1. The minimum absolute atomic E-state index is 0.000825. The van der Waals surface area contributed by atoms with Gasteiger partial charge in [-0.2, -0.15) is 0 Å². The molecule has 1 atom stereocenters. The van der Waals surface area contributed by atoms with Gasteiger partial charge in [0.05, 0.1) is 24.5 Å². The van der Waals surface area contributed by atoms with Crippen LogP contribution in [0.4, 0.5) is 5.69 Å². The van der Waals surface area contributed by atoms with Crippen LogP contribution in [0.5, 0.6) is 11.5 Å². The van der Waals surface area contributed by atoms with Gasteiger partial charge in [-0.05, 0) is 73.6 Å². The van der Waals surface area contributed by atoms with Gasteiger partial charge in [-0.3, -0.25) is 19.8 Å². The monoisotopic (exact) mass is 454 g/mol. The number of carbonyl (C=O) groups is 3. The molecule has 0 spiro atoms. The van der Waals surface area contributed by atoms with Gasteiger partial charge in [0.1, 0.15) is 5.57 Å². The Balaban J connectivity index is 1.94. The first kappa shape index (κ1) is 23.0. The van der Waals surface area contributed by atoms with Gasteiger partial charge >= 0.3 is 5.97 Å². The van der Waals surface area contributed by atoms with Crippen LogP contribution in [-0.2, 0) is 9.59 Å². The Morgan fingerprint density at radius 2 is 1.88 bits per heavy atom. The Hall–Kier alpha value is -3.72. The lowest BCUT2D eigenvalue weighted by Crippen LogP contribution is -2.54. The lowest BCUT2D eigenvalue weighted by atomic mass is 10.1. The SMILES string of the molecule is CC[C@@H](C)Oc1ccc(/C=C2\C(=O)NC(=S)N(c3ccc(C(=O)O)cc3)C2=O)cc1OC. The molecule has 0 aliphatic carbocycles. The second-order valence-electron chi connectivity index (χ2n) is 7.06. The molecule has 2 N–H and O–H groups in total. The molecular weight excluding hydrogens is 432 g/mol. The zero-order chi connectivity index (χ0) is 23.4. The van der Waals surface area contributed by atoms with Crippen molar-refractivity contribution in [3.63, 3.8) is 0 Å². The molecule has 8 nitrogen and oxygen atoms in total. The van der Waals surface area contributed by atoms with Crippen molar-refractivity contribution in [3.8, 4) is 11.5 Å². The molecule has 3 rings (SSSR count). The highest BCUT2D eigenvalue weighted by atomic mass is 32.1. The third-order valence-corrected chi connectivity index (χ3v) is 5.16. The van der Waals surface area contributed by atoms with Crippen LogP contribution < -0.4 is 19.7 Å². The fourth-order valence-corrected chi connectivity index (χ4v) is 3.26. The normalized spacial score (nSPS) is 16.0. The highest BCUT2D eigenvalue weighted by Gasteiger charge is 2.34. The van der Waals surface area contributed by atoms with Crippen molar-refractivity contribution >= 4 is 46.9 Å². The molecule has 1 aliphatic heterocycles. The molecule has 1 aliphatic rings. The fourth-order valence-electron chi connectivity index (χ4n) is 2.98. The summed E-state index contributed by atoms with van der Waals surface area (Å²) in [6.07, 6.45) is 2.27. The van der Waals surface area contributed by atoms with Gasteiger partial charge in [0.25, 0.3) is 11.8 Å². The zero-order valence-electron chi connectivity index (χ0n) is 17.7. The molecular formula is C23H22N2O6S. The summed E-state index contributed by atoms with van der Waals surface area (Å²) in [7, 11) is 1.51. The molecule has 1 saturated heterocycles. The summed E-state index contributed by atoms with van der Waals surface area (Å²) in [4.78, 5) is 37.8. The lowest BCUT2D eigenvalue weighted by Gasteiger charge is -2.29. The maximum Gasteiger partial charge on any atom is 0.335 e. The van der Waals surface area contributed by atoms with Crippen molar-refractivity contribution in [2.75, 3.05) is 12.0 Å². The Morgan fingerprint density at radius 1 is 1.19 bits per heavy atom. The minimum Gasteiger partial charge on any atom is -0.493 e. The Morgan fingerprint density at radius 3 is 2.47 bits per heavy atom. The molecule has 2 amide bonds. The number of carboxylic acids is 1. The lowest BCUT2D eigenvalue weighted by molar-refractivity contribution is -0.122. The van der Waals surface area contributed by atoms with E-state index in [-0.39, 0.29) is 22.4 Å². The minimum atomic E-state index is -1.09. The summed E-state index contributed by atoms with van der Waals surface area (Å²) in [6, 6.07) is 10.7. The molecule has 0 saturated carbocycles. The number of nitrogens with one attached hydrogen (secondary N) is 1. The van der Waals surface area contributed by atoms with Crippen LogP contribution in [0, 0.1) is 0 Å². The second kappa shape index (κ2) is 9.61. The molecule has 166 valence electrons. The zero-order valence-corrected chi connectivity index (χ0v) is 18.6. The molecule has 1 heterocycles. The van der Waals surface area contributed by atoms with E-state index in [1.54, 1.807) is 18.2 Å². The van der Waals surface area contributed by atoms with E-state index in [0.29, 0.717) is 22.7 Å². The van der Waals surface area contributed by atoms with Crippen LogP contribution in [0.25, 0.3) is 6.08 Å². The fraction of sp³-hybridized carbons (Fsp3) is 0.217. The van der Waals surface area contributed by atoms with Gasteiger partial charge in [0.2, 0.25) is 0 Å². The van der Waals surface area contributed by atoms with Gasteiger partial charge in [0, 0.05) is 0 Å². The number of amides is 2. The first-order valence-electron chi connectivity index (χ1n) is 9.84. The van der Waals surface area contributed by atoms with Crippen molar-refractivity contribution in [1.82, 2.24) is 5.32 Å². The first-order valence-corrected chi connectivity index (χ1v) is 10.3. The summed E-state index contributed by atoms with van der Waals surface area (Å²) < 4.78 is 11.2. The number of methoxy groups -OCH3 is 1. The van der Waals surface area contributed by atoms with Crippen LogP contribution in [0.1, 0.15) is 36.2 Å². The maximum absolute atomic E-state index is 13.1. The average molecular weight is 455 g/mol. The number of hydrogen-bond acceptors (Lipinski definition) is 6. The van der Waals surface area contributed by atoms with Crippen LogP contribution in [0.3, 0.4) is 0 Å². The summed E-state index contributed by atoms with van der Waals surface area (Å²) in [5, 5.41) is 11.5. The van der Waals surface area contributed by atoms with Gasteiger partial charge in [-0.25, -0.2) is 4.79 Å². The third kappa shape index (κ3) is 4.78. The van der Waals surface area contributed by atoms with Crippen molar-refractivity contribution in [1.29, 1.82) is 0 Å². The average Bonchev–Trinajstić information content (AvgIpc) is 2.77. The predicted molar refractivity (Wildman–Crippen MR) is 123 cm³/mol. The number of rotatable bonds is 7. The van der Waals surface area contributed by atoms with Gasteiger partial charge in [0.15, 0.2) is 16.6 Å². The summed E-state index contributed by atoms with van der Waals surface area (Å²) >= 11 is 5.17. The number of carboxylic acid groups (broad SMARTS) is 1. The van der Waals surface area contributed by atoms with E-state index in [1.807, 2.05) is 13.8 Å². The van der Waals surface area contributed by atoms with Crippen molar-refractivity contribution in [3.05, 3.63) is 59.2 Å². The number of aromatic carboxylic acids is 1. The van der Waals surface area contributed by atoms with Crippen molar-refractivity contribution in [2.24, 2.45) is 0 Å². The quantitative estimate of drug-likeness (QED) is 0.375. The van der Waals surface area contributed by atoms with E-state index in [0.717, 1.165) is 11.3 Å². The number of thiocarbonyl (C=S) groups is 1. The van der Waals surface area contributed by atoms with Crippen LogP contribution in [0.15, 0.2) is 48.0 Å². The maximum atomic E-state index is 13.1. The van der Waals surface area contributed by atoms with E-state index < -0.39 is 17.8 Å². The Bertz CT molecular complexity index is 1110. The number of hydrogen-bond donors (Lipinski definition) is 2. The standard InChI is InChI=1S/C23H22N2O6S/c1-4-13(2)31-18-10-5-14(12-19(18)30-3)11-17-20(26)24-23(32)25(21(17)27)16-8-6-15(7-9-16)22(28)29/h5-13H,4H2,1-3H3,(H,28,29)(H,24,26,32)/b17-11+/t13-/m1/s1. The molecule has 2 aromatic rings. The van der Waals surface area contributed by atoms with Crippen LogP contribution >= 0.6 is 12.2 Å². The summed E-state index contributed by atoms with van der Waals surface area (Å²) in [5.74, 6) is -1.31. The number of ether oxygens (including phenoxy) is 2. The first-order chi connectivity index (χ1) is 15.2. The number of benzene rings is 2. The van der Waals surface area contributed by atoms with Gasteiger partial charge < -0.3 is 14.6 Å². The van der Waals surface area contributed by atoms with Crippen LogP contribution in [0.2, 0.25) is 0 Å². The Labute approximate surface area is 190 Å². The van der Waals surface area contributed by atoms with Crippen LogP contribution in [-0.4, -0.2) is 41.2 Å². The van der Waals surface area contributed by atoms with E-state index in [9.17, 15) is 14.4 Å². The summed E-state index contributed by atoms with van der Waals surface area (Å²) in [5.41, 5.74) is 0.839. The number of anilines is 1. The molecule has 32 heavy (non-hydrogen) atoms. The van der Waals surface area contributed by atoms with E-state index >= 15 is 0 Å². The molecule has 2 aromatic carbocycles. The molecule has 0 unspecified atom stereocenters. The largest absolute Gasteiger partial charge is 0.493 e. The van der Waals surface area contributed by atoms with E-state index in [2.05, 4.69) is 5.32 Å². The predicted octanol–water partition coefficient (Wildman–Crippen LogP) is 3.40. The molecule has 0 radical (unpaired) electrons. The molecule has 1 fully saturated rings. The third-order valence-electron chi connectivity index (χ3n) is 4.88. The number of carbonyl (C=O) groups excluding carboxylic acids is 2. The topological polar surface area (TPSA) is 105 Å². The molecule has 0 aromatic heterocycles. The molecule has 9 heteroatoms. The Kier molecular flexibility index (Phi) is 6.89.